The van der Waals surface area contributed by atoms with Crippen molar-refractivity contribution in [2.75, 3.05) is 44.7 Å². The Kier molecular flexibility index (Phi) is 5.87. The maximum atomic E-state index is 5.33. The van der Waals surface area contributed by atoms with E-state index in [-0.39, 0.29) is 0 Å². The molecule has 0 amide bonds. The molecule has 2 aromatic rings. The van der Waals surface area contributed by atoms with Crippen molar-refractivity contribution in [3.8, 4) is 10.6 Å². The van der Waals surface area contributed by atoms with E-state index in [1.807, 2.05) is 23.6 Å². The molecule has 3 heterocycles. The number of hydrogen-bond donors (Lipinski definition) is 2. The van der Waals surface area contributed by atoms with Crippen molar-refractivity contribution in [2.45, 2.75) is 0 Å². The topological polar surface area (TPSA) is 62.3 Å². The quantitative estimate of drug-likeness (QED) is 0.799. The van der Waals surface area contributed by atoms with Gasteiger partial charge in [0.2, 0.25) is 5.95 Å². The standard InChI is InChI=1S/C15H19N5OS2/c22-15(17-5-6-20-7-9-21-10-8-20)19-14-16-4-3-12(18-14)13-2-1-11-23-13/h1-4,11H,5-10H2,(H2,16,17,18,19,22). The van der Waals surface area contributed by atoms with E-state index in [1.165, 1.54) is 0 Å². The van der Waals surface area contributed by atoms with Crippen molar-refractivity contribution in [2.24, 2.45) is 0 Å². The molecule has 0 bridgehead atoms. The fourth-order valence-corrected chi connectivity index (χ4v) is 3.17. The number of thiophene rings is 1. The summed E-state index contributed by atoms with van der Waals surface area (Å²) >= 11 is 6.95. The molecule has 2 aromatic heterocycles. The lowest BCUT2D eigenvalue weighted by atomic mass is 10.3. The van der Waals surface area contributed by atoms with Gasteiger partial charge in [-0.1, -0.05) is 6.07 Å². The normalized spacial score (nSPS) is 15.3. The maximum Gasteiger partial charge on any atom is 0.229 e. The Hall–Kier alpha value is -1.61. The molecule has 8 heteroatoms. The van der Waals surface area contributed by atoms with Crippen molar-refractivity contribution < 1.29 is 4.74 Å². The van der Waals surface area contributed by atoms with Crippen LogP contribution < -0.4 is 10.6 Å². The Morgan fingerprint density at radius 2 is 2.22 bits per heavy atom. The summed E-state index contributed by atoms with van der Waals surface area (Å²) < 4.78 is 5.33. The molecule has 1 aliphatic rings. The minimum Gasteiger partial charge on any atom is -0.379 e. The zero-order valence-corrected chi connectivity index (χ0v) is 14.3. The summed E-state index contributed by atoms with van der Waals surface area (Å²) in [6.45, 7) is 5.32. The summed E-state index contributed by atoms with van der Waals surface area (Å²) in [6.07, 6.45) is 1.74. The van der Waals surface area contributed by atoms with Crippen molar-refractivity contribution in [1.82, 2.24) is 20.2 Å². The fraction of sp³-hybridized carbons (Fsp3) is 0.400. The molecule has 0 atom stereocenters. The first-order chi connectivity index (χ1) is 11.3. The Bertz CT molecular complexity index is 629. The lowest BCUT2D eigenvalue weighted by molar-refractivity contribution is 0.0389. The first kappa shape index (κ1) is 16.3. The van der Waals surface area contributed by atoms with Crippen molar-refractivity contribution >= 4 is 34.6 Å². The van der Waals surface area contributed by atoms with E-state index in [1.54, 1.807) is 17.5 Å². The highest BCUT2D eigenvalue weighted by atomic mass is 32.1. The second-order valence-electron chi connectivity index (χ2n) is 5.08. The van der Waals surface area contributed by atoms with Crippen molar-refractivity contribution in [1.29, 1.82) is 0 Å². The van der Waals surface area contributed by atoms with Gasteiger partial charge in [-0.05, 0) is 29.7 Å². The van der Waals surface area contributed by atoms with Gasteiger partial charge in [0.25, 0.3) is 0 Å². The van der Waals surface area contributed by atoms with Crippen LogP contribution in [0.15, 0.2) is 29.8 Å². The third kappa shape index (κ3) is 4.93. The van der Waals surface area contributed by atoms with Crippen LogP contribution in [0.2, 0.25) is 0 Å². The van der Waals surface area contributed by atoms with Crippen LogP contribution in [-0.4, -0.2) is 59.4 Å². The number of anilines is 1. The van der Waals surface area contributed by atoms with E-state index < -0.39 is 0 Å². The molecule has 0 aliphatic carbocycles. The van der Waals surface area contributed by atoms with Crippen LogP contribution in [0.1, 0.15) is 0 Å². The highest BCUT2D eigenvalue weighted by Crippen LogP contribution is 2.22. The smallest absolute Gasteiger partial charge is 0.229 e. The molecule has 0 saturated carbocycles. The van der Waals surface area contributed by atoms with Gasteiger partial charge in [0.15, 0.2) is 5.11 Å². The summed E-state index contributed by atoms with van der Waals surface area (Å²) in [4.78, 5) is 12.2. The number of ether oxygens (including phenoxy) is 1. The largest absolute Gasteiger partial charge is 0.379 e. The number of nitrogens with zero attached hydrogens (tertiary/aromatic N) is 3. The van der Waals surface area contributed by atoms with Crippen LogP contribution in [0.25, 0.3) is 10.6 Å². The summed E-state index contributed by atoms with van der Waals surface area (Å²) in [5.41, 5.74) is 0.897. The molecule has 1 aliphatic heterocycles. The first-order valence-electron chi connectivity index (χ1n) is 7.53. The van der Waals surface area contributed by atoms with Crippen LogP contribution in [0.4, 0.5) is 5.95 Å². The highest BCUT2D eigenvalue weighted by Gasteiger charge is 2.10. The van der Waals surface area contributed by atoms with E-state index in [2.05, 4.69) is 25.5 Å². The number of aromatic nitrogens is 2. The molecule has 1 saturated heterocycles. The van der Waals surface area contributed by atoms with E-state index in [9.17, 15) is 0 Å². The summed E-state index contributed by atoms with van der Waals surface area (Å²) in [5, 5.41) is 8.81. The summed E-state index contributed by atoms with van der Waals surface area (Å²) in [6, 6.07) is 5.94. The van der Waals surface area contributed by atoms with E-state index in [0.717, 1.165) is 50.0 Å². The Labute approximate surface area is 144 Å². The number of rotatable bonds is 5. The molecule has 0 spiro atoms. The van der Waals surface area contributed by atoms with Crippen molar-refractivity contribution in [3.63, 3.8) is 0 Å². The average molecular weight is 349 g/mol. The summed E-state index contributed by atoms with van der Waals surface area (Å²) in [5.74, 6) is 0.514. The zero-order chi connectivity index (χ0) is 15.9. The van der Waals surface area contributed by atoms with Crippen LogP contribution in [0, 0.1) is 0 Å². The number of morpholine rings is 1. The highest BCUT2D eigenvalue weighted by molar-refractivity contribution is 7.80. The van der Waals surface area contributed by atoms with E-state index in [4.69, 9.17) is 17.0 Å². The van der Waals surface area contributed by atoms with Gasteiger partial charge < -0.3 is 15.4 Å². The monoisotopic (exact) mass is 349 g/mol. The van der Waals surface area contributed by atoms with Gasteiger partial charge in [-0.15, -0.1) is 11.3 Å². The molecule has 0 unspecified atom stereocenters. The van der Waals surface area contributed by atoms with Gasteiger partial charge in [0.1, 0.15) is 0 Å². The fourth-order valence-electron chi connectivity index (χ4n) is 2.28. The molecule has 1 fully saturated rings. The third-order valence-corrected chi connectivity index (χ3v) is 4.61. The average Bonchev–Trinajstić information content (AvgIpc) is 3.11. The predicted molar refractivity (Wildman–Crippen MR) is 96.8 cm³/mol. The third-order valence-electron chi connectivity index (χ3n) is 3.47. The second-order valence-corrected chi connectivity index (χ2v) is 6.43. The van der Waals surface area contributed by atoms with E-state index >= 15 is 0 Å². The molecule has 0 aromatic carbocycles. The molecule has 122 valence electrons. The molecule has 23 heavy (non-hydrogen) atoms. The van der Waals surface area contributed by atoms with Gasteiger partial charge in [-0.3, -0.25) is 4.90 Å². The minimum absolute atomic E-state index is 0.514. The van der Waals surface area contributed by atoms with Gasteiger partial charge >= 0.3 is 0 Å². The van der Waals surface area contributed by atoms with Crippen LogP contribution >= 0.6 is 23.6 Å². The van der Waals surface area contributed by atoms with Gasteiger partial charge in [-0.2, -0.15) is 0 Å². The molecular formula is C15H19N5OS2. The number of hydrogen-bond acceptors (Lipinski definition) is 6. The summed E-state index contributed by atoms with van der Waals surface area (Å²) in [7, 11) is 0. The van der Waals surface area contributed by atoms with E-state index in [0.29, 0.717) is 11.1 Å². The first-order valence-corrected chi connectivity index (χ1v) is 8.82. The molecular weight excluding hydrogens is 330 g/mol. The van der Waals surface area contributed by atoms with Crippen LogP contribution in [-0.2, 0) is 4.74 Å². The Morgan fingerprint density at radius 1 is 1.35 bits per heavy atom. The lowest BCUT2D eigenvalue weighted by Gasteiger charge is -2.26. The van der Waals surface area contributed by atoms with Gasteiger partial charge in [-0.25, -0.2) is 9.97 Å². The predicted octanol–water partition coefficient (Wildman–Crippen LogP) is 1.82. The Balaban J connectivity index is 1.47. The van der Waals surface area contributed by atoms with Crippen LogP contribution in [0.5, 0.6) is 0 Å². The van der Waals surface area contributed by atoms with Gasteiger partial charge in [0.05, 0.1) is 23.8 Å². The molecule has 6 nitrogen and oxygen atoms in total. The SMILES string of the molecule is S=C(NCCN1CCOCC1)Nc1nccc(-c2cccs2)n1. The molecule has 0 radical (unpaired) electrons. The second kappa shape index (κ2) is 8.30. The molecule has 2 N–H and O–H groups in total. The zero-order valence-electron chi connectivity index (χ0n) is 12.7. The van der Waals surface area contributed by atoms with Gasteiger partial charge in [0, 0.05) is 32.4 Å². The Morgan fingerprint density at radius 3 is 3.00 bits per heavy atom. The lowest BCUT2D eigenvalue weighted by Crippen LogP contribution is -2.42. The van der Waals surface area contributed by atoms with Crippen molar-refractivity contribution in [3.05, 3.63) is 29.8 Å². The number of thiocarbonyl (C=S) groups is 1. The minimum atomic E-state index is 0.514. The number of nitrogens with one attached hydrogen (secondary N) is 2. The van der Waals surface area contributed by atoms with Crippen LogP contribution in [0.3, 0.4) is 0 Å². The maximum absolute atomic E-state index is 5.33. The molecule has 3 rings (SSSR count).